The minimum Gasteiger partial charge on any atom is -0.447 e. The van der Waals surface area contributed by atoms with E-state index in [4.69, 9.17) is 27.6 Å². The molecule has 0 aliphatic heterocycles. The monoisotopic (exact) mass is 503 g/mol. The Kier molecular flexibility index (Phi) is 7.04. The molecule has 3 aromatic heterocycles. The Morgan fingerprint density at radius 1 is 1.03 bits per heavy atom. The smallest absolute Gasteiger partial charge is 0.294 e. The fourth-order valence-electron chi connectivity index (χ4n) is 4.06. The summed E-state index contributed by atoms with van der Waals surface area (Å²) in [5.41, 5.74) is 0.756. The van der Waals surface area contributed by atoms with E-state index in [-0.39, 0.29) is 46.6 Å². The molecule has 1 aliphatic carbocycles. The number of amides is 3. The highest BCUT2D eigenvalue weighted by Crippen LogP contribution is 2.34. The lowest BCUT2D eigenvalue weighted by molar-refractivity contribution is -0.130. The molecular weight excluding hydrogens is 481 g/mol. The Labute approximate surface area is 205 Å². The largest absolute Gasteiger partial charge is 0.447 e. The molecule has 4 rings (SSSR count). The van der Waals surface area contributed by atoms with E-state index in [9.17, 15) is 14.4 Å². The van der Waals surface area contributed by atoms with Crippen molar-refractivity contribution in [3.05, 3.63) is 46.4 Å². The summed E-state index contributed by atoms with van der Waals surface area (Å²) in [6, 6.07) is 4.78. The first-order chi connectivity index (χ1) is 16.2. The van der Waals surface area contributed by atoms with Gasteiger partial charge in [0.05, 0.1) is 10.0 Å². The van der Waals surface area contributed by atoms with Crippen LogP contribution in [0.25, 0.3) is 11.1 Å². The standard InChI is InChI=1S/C23H23Cl2N5O4/c1-12(31)30(2)16-6-3-13(4-7-16)22(32)29-20-19-17(9-15(25)11-27-19)34-21(20)23(33)28-18-8-5-14(24)10-26-18/h5,8-11,13,16H,3-4,6-7H2,1-2H3,(H,29,32)(H,26,28,33)/t13-,16-. The molecule has 3 amide bonds. The van der Waals surface area contributed by atoms with E-state index in [0.717, 1.165) is 12.8 Å². The number of hydrogen-bond donors (Lipinski definition) is 2. The van der Waals surface area contributed by atoms with Crippen molar-refractivity contribution in [2.24, 2.45) is 5.92 Å². The van der Waals surface area contributed by atoms with Crippen LogP contribution >= 0.6 is 23.2 Å². The van der Waals surface area contributed by atoms with Gasteiger partial charge in [0.1, 0.15) is 17.0 Å². The van der Waals surface area contributed by atoms with E-state index in [1.807, 2.05) is 0 Å². The molecular formula is C23H23Cl2N5O4. The number of nitrogens with zero attached hydrogens (tertiary/aromatic N) is 3. The molecule has 0 unspecified atom stereocenters. The first-order valence-electron chi connectivity index (χ1n) is 10.8. The summed E-state index contributed by atoms with van der Waals surface area (Å²) in [7, 11) is 1.78. The number of hydrogen-bond acceptors (Lipinski definition) is 6. The van der Waals surface area contributed by atoms with Gasteiger partial charge in [0, 0.05) is 44.4 Å². The van der Waals surface area contributed by atoms with Gasteiger partial charge < -0.3 is 20.0 Å². The zero-order valence-corrected chi connectivity index (χ0v) is 20.1. The van der Waals surface area contributed by atoms with Gasteiger partial charge in [-0.3, -0.25) is 14.4 Å². The quantitative estimate of drug-likeness (QED) is 0.518. The van der Waals surface area contributed by atoms with E-state index < -0.39 is 5.91 Å². The SMILES string of the molecule is CC(=O)N(C)[C@H]1CC[C@H](C(=O)Nc2c(C(=O)Nc3ccc(Cl)cn3)oc3cc(Cl)cnc23)CC1. The van der Waals surface area contributed by atoms with Crippen LogP contribution in [0.15, 0.2) is 35.0 Å². The lowest BCUT2D eigenvalue weighted by Crippen LogP contribution is -2.40. The van der Waals surface area contributed by atoms with Crippen molar-refractivity contribution < 1.29 is 18.8 Å². The summed E-state index contributed by atoms with van der Waals surface area (Å²) in [5.74, 6) is -0.935. The number of nitrogens with one attached hydrogen (secondary N) is 2. The van der Waals surface area contributed by atoms with Crippen molar-refractivity contribution >= 4 is 63.5 Å². The summed E-state index contributed by atoms with van der Waals surface area (Å²) in [6.45, 7) is 1.54. The molecule has 0 saturated heterocycles. The number of fused-ring (bicyclic) bond motifs is 1. The Morgan fingerprint density at radius 3 is 2.38 bits per heavy atom. The predicted molar refractivity (Wildman–Crippen MR) is 129 cm³/mol. The van der Waals surface area contributed by atoms with E-state index in [0.29, 0.717) is 28.4 Å². The first kappa shape index (κ1) is 24.0. The molecule has 0 aromatic carbocycles. The van der Waals surface area contributed by atoms with E-state index in [1.165, 1.54) is 25.4 Å². The second kappa shape index (κ2) is 9.99. The van der Waals surface area contributed by atoms with Crippen LogP contribution in [-0.2, 0) is 9.59 Å². The van der Waals surface area contributed by atoms with Crippen LogP contribution in [0.1, 0.15) is 43.2 Å². The molecule has 0 spiro atoms. The summed E-state index contributed by atoms with van der Waals surface area (Å²) in [6.07, 6.45) is 5.52. The highest BCUT2D eigenvalue weighted by Gasteiger charge is 2.31. The van der Waals surface area contributed by atoms with Gasteiger partial charge in [-0.25, -0.2) is 9.97 Å². The molecule has 3 heterocycles. The van der Waals surface area contributed by atoms with Crippen molar-refractivity contribution in [1.82, 2.24) is 14.9 Å². The molecule has 34 heavy (non-hydrogen) atoms. The number of carbonyl (C=O) groups is 3. The summed E-state index contributed by atoms with van der Waals surface area (Å²) in [5, 5.41) is 6.24. The second-order valence-electron chi connectivity index (χ2n) is 8.25. The van der Waals surface area contributed by atoms with Crippen LogP contribution in [0.2, 0.25) is 10.0 Å². The highest BCUT2D eigenvalue weighted by atomic mass is 35.5. The lowest BCUT2D eigenvalue weighted by atomic mass is 9.85. The van der Waals surface area contributed by atoms with Gasteiger partial charge >= 0.3 is 0 Å². The van der Waals surface area contributed by atoms with Crippen molar-refractivity contribution in [2.45, 2.75) is 38.6 Å². The predicted octanol–water partition coefficient (Wildman–Crippen LogP) is 4.76. The van der Waals surface area contributed by atoms with Gasteiger partial charge in [-0.15, -0.1) is 0 Å². The van der Waals surface area contributed by atoms with Gasteiger partial charge in [-0.05, 0) is 37.8 Å². The third-order valence-electron chi connectivity index (χ3n) is 6.03. The highest BCUT2D eigenvalue weighted by molar-refractivity contribution is 6.31. The fourth-order valence-corrected chi connectivity index (χ4v) is 4.32. The molecule has 1 saturated carbocycles. The third-order valence-corrected chi connectivity index (χ3v) is 6.46. The molecule has 3 aromatic rings. The van der Waals surface area contributed by atoms with Crippen LogP contribution < -0.4 is 10.6 Å². The lowest BCUT2D eigenvalue weighted by Gasteiger charge is -2.33. The maximum atomic E-state index is 13.1. The van der Waals surface area contributed by atoms with Crippen LogP contribution in [0, 0.1) is 5.92 Å². The Bertz CT molecular complexity index is 1240. The molecule has 1 aliphatic rings. The van der Waals surface area contributed by atoms with Gasteiger partial charge in [-0.1, -0.05) is 23.2 Å². The van der Waals surface area contributed by atoms with Gasteiger partial charge in [0.15, 0.2) is 5.58 Å². The van der Waals surface area contributed by atoms with Gasteiger partial charge in [0.25, 0.3) is 5.91 Å². The molecule has 0 bridgehead atoms. The van der Waals surface area contributed by atoms with Crippen LogP contribution in [0.4, 0.5) is 11.5 Å². The molecule has 178 valence electrons. The number of anilines is 2. The van der Waals surface area contributed by atoms with Crippen LogP contribution in [0.5, 0.6) is 0 Å². The van der Waals surface area contributed by atoms with Crippen molar-refractivity contribution in [3.63, 3.8) is 0 Å². The molecule has 0 atom stereocenters. The van der Waals surface area contributed by atoms with E-state index in [1.54, 1.807) is 24.1 Å². The molecule has 9 nitrogen and oxygen atoms in total. The topological polar surface area (TPSA) is 117 Å². The summed E-state index contributed by atoms with van der Waals surface area (Å²) < 4.78 is 5.73. The Morgan fingerprint density at radius 2 is 1.74 bits per heavy atom. The Hall–Kier alpha value is -3.17. The number of halogens is 2. The number of rotatable bonds is 5. The Balaban J connectivity index is 1.55. The average Bonchev–Trinajstić information content (AvgIpc) is 3.17. The minimum atomic E-state index is -0.606. The van der Waals surface area contributed by atoms with Crippen LogP contribution in [-0.4, -0.2) is 45.7 Å². The maximum Gasteiger partial charge on any atom is 0.294 e. The number of aromatic nitrogens is 2. The molecule has 1 fully saturated rings. The van der Waals surface area contributed by atoms with Gasteiger partial charge in [-0.2, -0.15) is 0 Å². The zero-order chi connectivity index (χ0) is 24.4. The molecule has 0 radical (unpaired) electrons. The second-order valence-corrected chi connectivity index (χ2v) is 9.12. The fraction of sp³-hybridized carbons (Fsp3) is 0.348. The van der Waals surface area contributed by atoms with Crippen molar-refractivity contribution in [3.8, 4) is 0 Å². The number of furan rings is 1. The first-order valence-corrected chi connectivity index (χ1v) is 11.5. The molecule has 11 heteroatoms. The number of pyridine rings is 2. The van der Waals surface area contributed by atoms with Crippen LogP contribution in [0.3, 0.4) is 0 Å². The normalized spacial score (nSPS) is 17.9. The van der Waals surface area contributed by atoms with Gasteiger partial charge in [0.2, 0.25) is 17.6 Å². The van der Waals surface area contributed by atoms with Crippen molar-refractivity contribution in [1.29, 1.82) is 0 Å². The van der Waals surface area contributed by atoms with Crippen molar-refractivity contribution in [2.75, 3.05) is 17.7 Å². The van der Waals surface area contributed by atoms with E-state index in [2.05, 4.69) is 20.6 Å². The minimum absolute atomic E-state index is 0.00772. The maximum absolute atomic E-state index is 13.1. The summed E-state index contributed by atoms with van der Waals surface area (Å²) >= 11 is 11.9. The van der Waals surface area contributed by atoms with E-state index >= 15 is 0 Å². The number of carbonyl (C=O) groups excluding carboxylic acids is 3. The summed E-state index contributed by atoms with van der Waals surface area (Å²) in [4.78, 5) is 47.8. The third kappa shape index (κ3) is 5.15. The molecule has 2 N–H and O–H groups in total. The zero-order valence-electron chi connectivity index (χ0n) is 18.6. The average molecular weight is 504 g/mol.